The third-order valence-electron chi connectivity index (χ3n) is 6.45. The number of rotatable bonds is 0. The second kappa shape index (κ2) is 5.60. The van der Waals surface area contributed by atoms with Crippen molar-refractivity contribution in [3.63, 3.8) is 0 Å². The van der Waals surface area contributed by atoms with Crippen LogP contribution in [0, 0.1) is 0 Å². The molecule has 0 atom stereocenters. The summed E-state index contributed by atoms with van der Waals surface area (Å²) in [4.78, 5) is 10.3. The Labute approximate surface area is 180 Å². The van der Waals surface area contributed by atoms with Crippen LogP contribution in [-0.4, -0.2) is 14.4 Å². The summed E-state index contributed by atoms with van der Waals surface area (Å²) in [5, 5.41) is 1.09. The molecule has 150 valence electrons. The standard InChI is InChI=1S/C25H28BrN3/c1-23(2,3)22-28-18-10-14(26)8-9-15(18)21-27-19-11-16-17(12-20(19)29(21)22)25(6,7)13-24(16,4)5/h8-12H,13H2,1-7H3. The van der Waals surface area contributed by atoms with E-state index in [2.05, 4.69) is 99.1 Å². The van der Waals surface area contributed by atoms with Crippen LogP contribution in [0.1, 0.15) is 71.8 Å². The van der Waals surface area contributed by atoms with Gasteiger partial charge in [-0.05, 0) is 58.7 Å². The summed E-state index contributed by atoms with van der Waals surface area (Å²) in [6.07, 6.45) is 1.16. The van der Waals surface area contributed by atoms with Crippen molar-refractivity contribution < 1.29 is 0 Å². The summed E-state index contributed by atoms with van der Waals surface area (Å²) in [5.74, 6) is 1.05. The Morgan fingerprint density at radius 2 is 1.55 bits per heavy atom. The molecule has 4 aromatic rings. The smallest absolute Gasteiger partial charge is 0.148 e. The SMILES string of the molecule is CC(C)(C)c1nc2cc(Br)ccc2c2nc3cc4c(cc3n12)C(C)(C)CC4(C)C. The van der Waals surface area contributed by atoms with E-state index in [4.69, 9.17) is 9.97 Å². The first-order valence-electron chi connectivity index (χ1n) is 10.4. The number of hydrogen-bond donors (Lipinski definition) is 0. The molecular formula is C25H28BrN3. The Hall–Kier alpha value is -1.94. The molecule has 5 rings (SSSR count). The minimum Gasteiger partial charge on any atom is -0.279 e. The topological polar surface area (TPSA) is 30.2 Å². The van der Waals surface area contributed by atoms with Crippen LogP contribution >= 0.6 is 15.9 Å². The number of halogens is 1. The summed E-state index contributed by atoms with van der Waals surface area (Å²) >= 11 is 3.60. The maximum Gasteiger partial charge on any atom is 0.148 e. The van der Waals surface area contributed by atoms with Crippen LogP contribution in [-0.2, 0) is 16.2 Å². The first kappa shape index (κ1) is 19.0. The van der Waals surface area contributed by atoms with Gasteiger partial charge < -0.3 is 0 Å². The summed E-state index contributed by atoms with van der Waals surface area (Å²) < 4.78 is 3.34. The second-order valence-electron chi connectivity index (χ2n) is 10.9. The lowest BCUT2D eigenvalue weighted by molar-refractivity contribution is 0.403. The normalized spacial score (nSPS) is 18.1. The van der Waals surface area contributed by atoms with E-state index in [1.165, 1.54) is 16.6 Å². The molecule has 2 aromatic carbocycles. The lowest BCUT2D eigenvalue weighted by atomic mass is 9.82. The number of hydrogen-bond acceptors (Lipinski definition) is 2. The highest BCUT2D eigenvalue weighted by Crippen LogP contribution is 2.50. The van der Waals surface area contributed by atoms with E-state index in [0.29, 0.717) is 0 Å². The van der Waals surface area contributed by atoms with Crippen LogP contribution < -0.4 is 0 Å². The Balaban J connectivity index is 1.99. The summed E-state index contributed by atoms with van der Waals surface area (Å²) in [6.45, 7) is 16.1. The monoisotopic (exact) mass is 449 g/mol. The largest absolute Gasteiger partial charge is 0.279 e. The third kappa shape index (κ3) is 2.68. The fraction of sp³-hybridized carbons (Fsp3) is 0.440. The molecule has 2 heterocycles. The van der Waals surface area contributed by atoms with Crippen LogP contribution in [0.2, 0.25) is 0 Å². The molecule has 0 spiro atoms. The van der Waals surface area contributed by atoms with E-state index < -0.39 is 0 Å². The van der Waals surface area contributed by atoms with Crippen molar-refractivity contribution in [3.8, 4) is 0 Å². The molecule has 0 aliphatic heterocycles. The molecule has 0 amide bonds. The molecule has 0 bridgehead atoms. The highest BCUT2D eigenvalue weighted by Gasteiger charge is 2.42. The zero-order valence-electron chi connectivity index (χ0n) is 18.3. The highest BCUT2D eigenvalue weighted by atomic mass is 79.9. The van der Waals surface area contributed by atoms with Gasteiger partial charge >= 0.3 is 0 Å². The molecule has 4 heteroatoms. The molecule has 1 aliphatic carbocycles. The van der Waals surface area contributed by atoms with Crippen LogP contribution in [0.25, 0.3) is 27.6 Å². The average molecular weight is 450 g/mol. The predicted octanol–water partition coefficient (Wildman–Crippen LogP) is 7.05. The van der Waals surface area contributed by atoms with Gasteiger partial charge in [0.25, 0.3) is 0 Å². The molecule has 0 fully saturated rings. The van der Waals surface area contributed by atoms with Gasteiger partial charge in [-0.25, -0.2) is 9.97 Å². The lowest BCUT2D eigenvalue weighted by Crippen LogP contribution is -2.19. The van der Waals surface area contributed by atoms with Crippen LogP contribution in [0.4, 0.5) is 0 Å². The number of aromatic nitrogens is 3. The summed E-state index contributed by atoms with van der Waals surface area (Å²) in [7, 11) is 0. The van der Waals surface area contributed by atoms with Crippen LogP contribution in [0.3, 0.4) is 0 Å². The molecule has 2 aromatic heterocycles. The second-order valence-corrected chi connectivity index (χ2v) is 11.9. The highest BCUT2D eigenvalue weighted by molar-refractivity contribution is 9.10. The first-order chi connectivity index (χ1) is 13.4. The van der Waals surface area contributed by atoms with Gasteiger partial charge in [-0.15, -0.1) is 0 Å². The van der Waals surface area contributed by atoms with E-state index in [1.807, 2.05) is 0 Å². The third-order valence-corrected chi connectivity index (χ3v) is 6.94. The Bertz CT molecular complexity index is 1320. The van der Waals surface area contributed by atoms with Gasteiger partial charge in [-0.3, -0.25) is 4.40 Å². The van der Waals surface area contributed by atoms with Gasteiger partial charge in [0.05, 0.1) is 16.6 Å². The van der Waals surface area contributed by atoms with Crippen LogP contribution in [0.15, 0.2) is 34.8 Å². The Morgan fingerprint density at radius 1 is 0.897 bits per heavy atom. The van der Waals surface area contributed by atoms with Crippen molar-refractivity contribution in [3.05, 3.63) is 51.8 Å². The molecule has 3 nitrogen and oxygen atoms in total. The Kier molecular flexibility index (Phi) is 3.68. The zero-order chi connectivity index (χ0) is 20.9. The Morgan fingerprint density at radius 3 is 2.21 bits per heavy atom. The van der Waals surface area contributed by atoms with Crippen molar-refractivity contribution >= 4 is 43.5 Å². The van der Waals surface area contributed by atoms with Gasteiger partial charge in [0.1, 0.15) is 11.5 Å². The van der Waals surface area contributed by atoms with E-state index in [-0.39, 0.29) is 16.2 Å². The van der Waals surface area contributed by atoms with Crippen molar-refractivity contribution in [1.82, 2.24) is 14.4 Å². The van der Waals surface area contributed by atoms with Gasteiger partial charge in [0.2, 0.25) is 0 Å². The van der Waals surface area contributed by atoms with E-state index >= 15 is 0 Å². The quantitative estimate of drug-likeness (QED) is 0.287. The number of nitrogens with zero attached hydrogens (tertiary/aromatic N) is 3. The van der Waals surface area contributed by atoms with Crippen molar-refractivity contribution in [2.24, 2.45) is 0 Å². The number of imidazole rings is 1. The zero-order valence-corrected chi connectivity index (χ0v) is 19.9. The lowest BCUT2D eigenvalue weighted by Gasteiger charge is -2.22. The minimum absolute atomic E-state index is 0.101. The van der Waals surface area contributed by atoms with Gasteiger partial charge in [0, 0.05) is 15.3 Å². The molecule has 0 unspecified atom stereocenters. The summed E-state index contributed by atoms with van der Waals surface area (Å²) in [6, 6.07) is 11.0. The van der Waals surface area contributed by atoms with Crippen molar-refractivity contribution in [2.75, 3.05) is 0 Å². The molecule has 0 radical (unpaired) electrons. The van der Waals surface area contributed by atoms with E-state index in [1.54, 1.807) is 0 Å². The molecular weight excluding hydrogens is 422 g/mol. The minimum atomic E-state index is -0.101. The van der Waals surface area contributed by atoms with E-state index in [0.717, 1.165) is 38.8 Å². The number of fused-ring (bicyclic) bond motifs is 6. The summed E-state index contributed by atoms with van der Waals surface area (Å²) in [5.41, 5.74) is 7.35. The fourth-order valence-corrected chi connectivity index (χ4v) is 5.74. The van der Waals surface area contributed by atoms with Crippen molar-refractivity contribution in [1.29, 1.82) is 0 Å². The average Bonchev–Trinajstić information content (AvgIpc) is 3.04. The molecule has 1 aliphatic rings. The van der Waals surface area contributed by atoms with Crippen LogP contribution in [0.5, 0.6) is 0 Å². The molecule has 0 N–H and O–H groups in total. The molecule has 29 heavy (non-hydrogen) atoms. The van der Waals surface area contributed by atoms with Gasteiger partial charge in [0.15, 0.2) is 0 Å². The van der Waals surface area contributed by atoms with Gasteiger partial charge in [-0.2, -0.15) is 0 Å². The molecule has 0 saturated carbocycles. The maximum absolute atomic E-state index is 5.15. The van der Waals surface area contributed by atoms with E-state index in [9.17, 15) is 0 Å². The predicted molar refractivity (Wildman–Crippen MR) is 125 cm³/mol. The first-order valence-corrected chi connectivity index (χ1v) is 11.1. The fourth-order valence-electron chi connectivity index (χ4n) is 5.39. The number of benzene rings is 2. The molecule has 0 saturated heterocycles. The van der Waals surface area contributed by atoms with Gasteiger partial charge in [-0.1, -0.05) is 64.4 Å². The van der Waals surface area contributed by atoms with Crippen molar-refractivity contribution in [2.45, 2.75) is 71.1 Å². The maximum atomic E-state index is 5.15.